The Kier molecular flexibility index (Phi) is 9.24. The molecule has 2 aromatic heterocycles. The second-order valence-electron chi connectivity index (χ2n) is 7.17. The number of nitrogens with zero attached hydrogens (tertiary/aromatic N) is 5. The minimum absolute atomic E-state index is 0. The summed E-state index contributed by atoms with van der Waals surface area (Å²) in [5, 5.41) is 0. The molecule has 0 aliphatic carbocycles. The van der Waals surface area contributed by atoms with Gasteiger partial charge in [-0.15, -0.1) is 0 Å². The van der Waals surface area contributed by atoms with Crippen molar-refractivity contribution in [1.29, 1.82) is 0 Å². The van der Waals surface area contributed by atoms with Crippen molar-refractivity contribution < 1.29 is 4.84 Å². The van der Waals surface area contributed by atoms with E-state index in [0.29, 0.717) is 0 Å². The maximum absolute atomic E-state index is 5.65. The van der Waals surface area contributed by atoms with E-state index in [2.05, 4.69) is 32.0 Å². The third-order valence-corrected chi connectivity index (χ3v) is 5.27. The van der Waals surface area contributed by atoms with E-state index in [4.69, 9.17) is 9.83 Å². The zero-order valence-corrected chi connectivity index (χ0v) is 20.9. The van der Waals surface area contributed by atoms with Crippen molar-refractivity contribution in [2.24, 2.45) is 18.0 Å². The molecule has 4 rings (SSSR count). The van der Waals surface area contributed by atoms with Crippen LogP contribution in [-0.4, -0.2) is 77.5 Å². The zero-order valence-electron chi connectivity index (χ0n) is 17.6. The van der Waals surface area contributed by atoms with Crippen LogP contribution in [0.25, 0.3) is 11.2 Å². The number of nitrogens with one attached hydrogen (secondary N) is 1. The maximum atomic E-state index is 5.65. The summed E-state index contributed by atoms with van der Waals surface area (Å²) in [6.45, 7) is 6.37. The van der Waals surface area contributed by atoms with E-state index in [9.17, 15) is 0 Å². The molecule has 1 saturated heterocycles. The summed E-state index contributed by atoms with van der Waals surface area (Å²) in [5.41, 5.74) is 4.91. The number of imidazole rings is 1. The van der Waals surface area contributed by atoms with Gasteiger partial charge >= 0.3 is 0 Å². The summed E-state index contributed by atoms with van der Waals surface area (Å²) in [5.74, 6) is 2.75. The van der Waals surface area contributed by atoms with Crippen LogP contribution in [0.3, 0.4) is 0 Å². The average Bonchev–Trinajstić information content (AvgIpc) is 3.28. The summed E-state index contributed by atoms with van der Waals surface area (Å²) in [7, 11) is 4.21. The smallest absolute Gasteiger partial charge is 0.177 e. The molecule has 1 N–H and O–H groups in total. The summed E-state index contributed by atoms with van der Waals surface area (Å²) >= 11 is 0. The Bertz CT molecular complexity index is 769. The van der Waals surface area contributed by atoms with Gasteiger partial charge in [-0.2, -0.15) is 0 Å². The monoisotopic (exact) mass is 487 g/mol. The van der Waals surface area contributed by atoms with Crippen molar-refractivity contribution >= 4 is 42.8 Å². The number of fused-ring (bicyclic) bond motifs is 1. The Labute approximate surface area is 186 Å². The Morgan fingerprint density at radius 3 is 2.68 bits per heavy atom. The molecular formula is C20H32InN6O. The third-order valence-electron chi connectivity index (χ3n) is 5.27. The standard InChI is InChI=1S/C18H26N6O.C2H6.In/c1-23-10-7-13(8-11-23)12-15-21-17(25-22-15)6-5-16-20-14-4-3-9-19-18(14)24(16)2;1-2;/h3-4,9,13,17H,5-8,10-12H2,1-2H3,(H,21,22);1-2H3;. The molecule has 2 aliphatic rings. The van der Waals surface area contributed by atoms with Crippen molar-refractivity contribution in [3.63, 3.8) is 0 Å². The van der Waals surface area contributed by atoms with Crippen molar-refractivity contribution in [2.45, 2.75) is 52.2 Å². The molecule has 0 spiro atoms. The SMILES string of the molecule is CC.CN1CCC(CC2=NC(CCc3nc4cccnc4n3C)ON2)CC1.[In]. The largest absolute Gasteiger partial charge is 0.316 e. The van der Waals surface area contributed by atoms with Crippen molar-refractivity contribution in [1.82, 2.24) is 24.9 Å². The quantitative estimate of drug-likeness (QED) is 0.703. The Balaban J connectivity index is 0.000000906. The van der Waals surface area contributed by atoms with Gasteiger partial charge in [-0.25, -0.2) is 19.8 Å². The molecule has 8 heteroatoms. The summed E-state index contributed by atoms with van der Waals surface area (Å²) in [6.07, 6.45) is 6.82. The van der Waals surface area contributed by atoms with Crippen LogP contribution in [0, 0.1) is 5.92 Å². The van der Waals surface area contributed by atoms with Crippen molar-refractivity contribution in [3.05, 3.63) is 24.2 Å². The molecule has 0 amide bonds. The third kappa shape index (κ3) is 5.70. The maximum Gasteiger partial charge on any atom is 0.177 e. The molecule has 1 fully saturated rings. The molecule has 0 saturated carbocycles. The molecule has 151 valence electrons. The molecule has 3 radical (unpaired) electrons. The average molecular weight is 487 g/mol. The number of hydroxylamine groups is 1. The first-order valence-corrected chi connectivity index (χ1v) is 10.1. The molecule has 0 aromatic carbocycles. The zero-order chi connectivity index (χ0) is 19.2. The van der Waals surface area contributed by atoms with Gasteiger partial charge in [0.1, 0.15) is 17.2 Å². The fraction of sp³-hybridized carbons (Fsp3) is 0.650. The second-order valence-corrected chi connectivity index (χ2v) is 7.17. The fourth-order valence-corrected chi connectivity index (χ4v) is 3.67. The van der Waals surface area contributed by atoms with Crippen LogP contribution in [0.5, 0.6) is 0 Å². The molecule has 2 aliphatic heterocycles. The van der Waals surface area contributed by atoms with Crippen molar-refractivity contribution in [2.75, 3.05) is 20.1 Å². The molecule has 28 heavy (non-hydrogen) atoms. The van der Waals surface area contributed by atoms with Gasteiger partial charge in [-0.3, -0.25) is 5.48 Å². The van der Waals surface area contributed by atoms with Gasteiger partial charge in [-0.1, -0.05) is 13.8 Å². The van der Waals surface area contributed by atoms with Crippen LogP contribution >= 0.6 is 0 Å². The fourth-order valence-electron chi connectivity index (χ4n) is 3.67. The minimum atomic E-state index is -0.117. The van der Waals surface area contributed by atoms with Crippen LogP contribution < -0.4 is 5.48 Å². The van der Waals surface area contributed by atoms with Gasteiger partial charge in [0, 0.05) is 58.4 Å². The number of aryl methyl sites for hydroxylation is 2. The van der Waals surface area contributed by atoms with E-state index in [-0.39, 0.29) is 32.1 Å². The van der Waals surface area contributed by atoms with E-state index in [1.165, 1.54) is 25.9 Å². The van der Waals surface area contributed by atoms with E-state index in [1.54, 1.807) is 6.20 Å². The number of amidine groups is 1. The first kappa shape index (κ1) is 23.2. The summed E-state index contributed by atoms with van der Waals surface area (Å²) < 4.78 is 2.06. The number of aliphatic imine (C=N–C) groups is 1. The predicted molar refractivity (Wildman–Crippen MR) is 114 cm³/mol. The topological polar surface area (TPSA) is 67.6 Å². The van der Waals surface area contributed by atoms with Crippen LogP contribution in [-0.2, 0) is 18.3 Å². The first-order chi connectivity index (χ1) is 13.2. The van der Waals surface area contributed by atoms with Crippen molar-refractivity contribution in [3.8, 4) is 0 Å². The van der Waals surface area contributed by atoms with Gasteiger partial charge in [0.25, 0.3) is 0 Å². The number of piperidine rings is 1. The molecule has 2 aromatic rings. The molecule has 4 heterocycles. The molecule has 1 atom stereocenters. The van der Waals surface area contributed by atoms with E-state index in [0.717, 1.165) is 48.0 Å². The number of likely N-dealkylation sites (tertiary alicyclic amines) is 1. The van der Waals surface area contributed by atoms with Crippen LogP contribution in [0.4, 0.5) is 0 Å². The molecule has 0 bridgehead atoms. The minimum Gasteiger partial charge on any atom is -0.316 e. The molecule has 7 nitrogen and oxygen atoms in total. The number of aromatic nitrogens is 3. The van der Waals surface area contributed by atoms with E-state index in [1.807, 2.05) is 33.0 Å². The normalized spacial score (nSPS) is 20.1. The predicted octanol–water partition coefficient (Wildman–Crippen LogP) is 2.54. The Morgan fingerprint density at radius 1 is 1.21 bits per heavy atom. The molecular weight excluding hydrogens is 455 g/mol. The second kappa shape index (κ2) is 11.2. The summed E-state index contributed by atoms with van der Waals surface area (Å²) in [6, 6.07) is 3.92. The van der Waals surface area contributed by atoms with Gasteiger partial charge < -0.3 is 9.47 Å². The molecule has 1 unspecified atom stereocenters. The van der Waals surface area contributed by atoms with Gasteiger partial charge in [0.15, 0.2) is 11.9 Å². The summed E-state index contributed by atoms with van der Waals surface area (Å²) in [4.78, 5) is 21.8. The van der Waals surface area contributed by atoms with Gasteiger partial charge in [0.05, 0.1) is 0 Å². The number of rotatable bonds is 5. The van der Waals surface area contributed by atoms with Gasteiger partial charge in [0.2, 0.25) is 0 Å². The number of pyridine rings is 1. The van der Waals surface area contributed by atoms with Gasteiger partial charge in [-0.05, 0) is 51.0 Å². The number of hydrogen-bond acceptors (Lipinski definition) is 6. The Morgan fingerprint density at radius 2 is 1.96 bits per heavy atom. The van der Waals surface area contributed by atoms with Crippen LogP contribution in [0.15, 0.2) is 23.3 Å². The number of hydrogen-bond donors (Lipinski definition) is 1. The first-order valence-electron chi connectivity index (χ1n) is 10.1. The Hall–Kier alpha value is -1.12. The van der Waals surface area contributed by atoms with Crippen LogP contribution in [0.2, 0.25) is 0 Å². The van der Waals surface area contributed by atoms with E-state index < -0.39 is 0 Å². The van der Waals surface area contributed by atoms with Crippen LogP contribution in [0.1, 0.15) is 45.4 Å². The van der Waals surface area contributed by atoms with E-state index >= 15 is 0 Å².